The molecule has 1 heterocycles. The molecule has 2 heteroatoms. The molecule has 0 saturated heterocycles. The molecule has 0 N–H and O–H groups in total. The fraction of sp³-hybridized carbons (Fsp3) is 0.362. The largest absolute Gasteiger partial charge is 0.344 e. The number of para-hydroxylation sites is 1. The fourth-order valence-electron chi connectivity index (χ4n) is 11.0. The summed E-state index contributed by atoms with van der Waals surface area (Å²) in [5, 5.41) is 2.76. The lowest BCUT2D eigenvalue weighted by Gasteiger charge is -2.29. The summed E-state index contributed by atoms with van der Waals surface area (Å²) in [4.78, 5) is 2.52. The van der Waals surface area contributed by atoms with E-state index >= 15 is 0 Å². The topological polar surface area (TPSA) is 8.17 Å². The second-order valence-corrected chi connectivity index (χ2v) is 16.4. The van der Waals surface area contributed by atoms with Crippen LogP contribution in [0.5, 0.6) is 0 Å². The van der Waals surface area contributed by atoms with Crippen LogP contribution in [-0.2, 0) is 12.5 Å². The predicted octanol–water partition coefficient (Wildman–Crippen LogP) is 13.1. The average molecular weight is 641 g/mol. The molecular formula is C47H48N2. The summed E-state index contributed by atoms with van der Waals surface area (Å²) in [5.41, 5.74) is 14.9. The van der Waals surface area contributed by atoms with Crippen molar-refractivity contribution in [2.75, 3.05) is 4.90 Å². The molecule has 2 nitrogen and oxygen atoms in total. The van der Waals surface area contributed by atoms with Crippen molar-refractivity contribution in [3.05, 3.63) is 125 Å². The summed E-state index contributed by atoms with van der Waals surface area (Å²) in [6.45, 7) is 4.88. The van der Waals surface area contributed by atoms with Gasteiger partial charge in [-0.3, -0.25) is 0 Å². The molecule has 0 amide bonds. The number of hydrogen-bond acceptors (Lipinski definition) is 1. The summed E-state index contributed by atoms with van der Waals surface area (Å²) < 4.78 is 2.37. The van der Waals surface area contributed by atoms with Crippen LogP contribution in [0.4, 0.5) is 17.1 Å². The third kappa shape index (κ3) is 4.52. The van der Waals surface area contributed by atoms with Crippen LogP contribution in [0, 0.1) is 11.8 Å². The highest BCUT2D eigenvalue weighted by atomic mass is 15.1. The fourth-order valence-corrected chi connectivity index (χ4v) is 11.0. The first-order valence-electron chi connectivity index (χ1n) is 19.1. The van der Waals surface area contributed by atoms with Gasteiger partial charge >= 0.3 is 0 Å². The molecule has 0 aliphatic heterocycles. The van der Waals surface area contributed by atoms with Crippen molar-refractivity contribution in [1.82, 2.24) is 4.57 Å². The number of hydrogen-bond donors (Lipinski definition) is 0. The zero-order valence-electron chi connectivity index (χ0n) is 29.4. The van der Waals surface area contributed by atoms with E-state index < -0.39 is 0 Å². The average Bonchev–Trinajstić information content (AvgIpc) is 3.91. The van der Waals surface area contributed by atoms with Crippen LogP contribution in [0.2, 0.25) is 0 Å². The molecule has 0 radical (unpaired) electrons. The quantitative estimate of drug-likeness (QED) is 0.182. The molecule has 246 valence electrons. The van der Waals surface area contributed by atoms with Gasteiger partial charge in [-0.15, -0.1) is 0 Å². The summed E-state index contributed by atoms with van der Waals surface area (Å²) in [7, 11) is 2.21. The molecule has 3 unspecified atom stereocenters. The van der Waals surface area contributed by atoms with E-state index in [1.165, 1.54) is 124 Å². The van der Waals surface area contributed by atoms with Crippen molar-refractivity contribution in [3.8, 4) is 11.1 Å². The molecule has 3 fully saturated rings. The minimum Gasteiger partial charge on any atom is -0.344 e. The van der Waals surface area contributed by atoms with Crippen LogP contribution in [-0.4, -0.2) is 4.57 Å². The highest BCUT2D eigenvalue weighted by Crippen LogP contribution is 2.55. The van der Waals surface area contributed by atoms with Crippen LogP contribution in [0.25, 0.3) is 32.9 Å². The molecule has 2 bridgehead atoms. The molecule has 1 aromatic heterocycles. The molecule has 10 rings (SSSR count). The highest BCUT2D eigenvalue weighted by molar-refractivity contribution is 6.13. The molecule has 6 aromatic rings. The molecule has 0 spiro atoms. The molecule has 3 atom stereocenters. The van der Waals surface area contributed by atoms with Gasteiger partial charge in [0.2, 0.25) is 0 Å². The lowest BCUT2D eigenvalue weighted by molar-refractivity contribution is 0.420. The lowest BCUT2D eigenvalue weighted by atomic mass is 9.80. The van der Waals surface area contributed by atoms with Crippen molar-refractivity contribution < 1.29 is 0 Å². The predicted molar refractivity (Wildman–Crippen MR) is 207 cm³/mol. The number of aromatic nitrogens is 1. The van der Waals surface area contributed by atoms with E-state index in [0.717, 1.165) is 17.8 Å². The van der Waals surface area contributed by atoms with Gasteiger partial charge in [0.15, 0.2) is 0 Å². The van der Waals surface area contributed by atoms with Gasteiger partial charge in [-0.05, 0) is 138 Å². The normalized spacial score (nSPS) is 22.6. The highest BCUT2D eigenvalue weighted by Gasteiger charge is 2.41. The SMILES string of the molecule is Cn1c2ccccc2c2c3c(ccc21)-c1ccc(N(c2ccc(C4CCCCC4)cc2)c2ccc(C4CC5CCC4C5)cc2)cc1C3(C)C. The van der Waals surface area contributed by atoms with Gasteiger partial charge in [0, 0.05) is 51.3 Å². The molecule has 4 aliphatic carbocycles. The van der Waals surface area contributed by atoms with Crippen molar-refractivity contribution >= 4 is 38.9 Å². The Balaban J connectivity index is 1.08. The van der Waals surface area contributed by atoms with Crippen molar-refractivity contribution in [1.29, 1.82) is 0 Å². The number of benzene rings is 5. The summed E-state index contributed by atoms with van der Waals surface area (Å²) in [5.74, 6) is 3.32. The van der Waals surface area contributed by atoms with Gasteiger partial charge in [-0.25, -0.2) is 0 Å². The van der Waals surface area contributed by atoms with Gasteiger partial charge in [-0.2, -0.15) is 0 Å². The number of anilines is 3. The molecule has 4 aliphatic rings. The second-order valence-electron chi connectivity index (χ2n) is 16.4. The summed E-state index contributed by atoms with van der Waals surface area (Å²) >= 11 is 0. The smallest absolute Gasteiger partial charge is 0.0492 e. The Labute approximate surface area is 291 Å². The Bertz CT molecular complexity index is 2210. The standard InChI is InChI=1S/C47H48N2/c1-47(2)42-29-37(23-24-38(42)39-25-26-44-45(46(39)47)40-11-7-8-12-43(40)48(44)3)49(35-19-15-32(16-20-35)31-9-5-4-6-10-31)36-21-17-33(18-22-36)41-28-30-13-14-34(41)27-30/h7-8,11-12,15-26,29-31,34,41H,4-6,9-10,13-14,27-28H2,1-3H3. The van der Waals surface area contributed by atoms with Crippen molar-refractivity contribution in [2.45, 2.75) is 88.9 Å². The van der Waals surface area contributed by atoms with Crippen LogP contribution < -0.4 is 4.90 Å². The first kappa shape index (κ1) is 29.6. The maximum atomic E-state index is 2.52. The zero-order chi connectivity index (χ0) is 32.9. The lowest BCUT2D eigenvalue weighted by Crippen LogP contribution is -2.17. The Morgan fingerprint density at radius 3 is 2.04 bits per heavy atom. The van der Waals surface area contributed by atoms with Crippen LogP contribution in [0.15, 0.2) is 103 Å². The third-order valence-electron chi connectivity index (χ3n) is 13.5. The van der Waals surface area contributed by atoms with Gasteiger partial charge in [0.25, 0.3) is 0 Å². The molecule has 3 saturated carbocycles. The first-order valence-corrected chi connectivity index (χ1v) is 19.1. The molecule has 49 heavy (non-hydrogen) atoms. The van der Waals surface area contributed by atoms with E-state index in [2.05, 4.69) is 133 Å². The number of rotatable bonds is 5. The minimum absolute atomic E-state index is 0.132. The Hall–Kier alpha value is -4.30. The first-order chi connectivity index (χ1) is 24.0. The Kier molecular flexibility index (Phi) is 6.71. The van der Waals surface area contributed by atoms with Crippen molar-refractivity contribution in [2.24, 2.45) is 18.9 Å². The third-order valence-corrected chi connectivity index (χ3v) is 13.5. The monoisotopic (exact) mass is 640 g/mol. The number of fused-ring (bicyclic) bond motifs is 9. The van der Waals surface area contributed by atoms with E-state index in [-0.39, 0.29) is 5.41 Å². The Morgan fingerprint density at radius 1 is 0.633 bits per heavy atom. The summed E-state index contributed by atoms with van der Waals surface area (Å²) in [6.07, 6.45) is 12.5. The maximum Gasteiger partial charge on any atom is 0.0492 e. The van der Waals surface area contributed by atoms with Crippen LogP contribution in [0.3, 0.4) is 0 Å². The van der Waals surface area contributed by atoms with E-state index in [0.29, 0.717) is 5.92 Å². The van der Waals surface area contributed by atoms with Gasteiger partial charge < -0.3 is 9.47 Å². The van der Waals surface area contributed by atoms with Crippen LogP contribution >= 0.6 is 0 Å². The summed E-state index contributed by atoms with van der Waals surface area (Å²) in [6, 6.07) is 40.3. The van der Waals surface area contributed by atoms with Crippen molar-refractivity contribution in [3.63, 3.8) is 0 Å². The number of nitrogens with zero attached hydrogens (tertiary/aromatic N) is 2. The van der Waals surface area contributed by atoms with E-state index in [1.807, 2.05) is 0 Å². The minimum atomic E-state index is -0.132. The van der Waals surface area contributed by atoms with E-state index in [4.69, 9.17) is 0 Å². The molecule has 5 aromatic carbocycles. The number of aryl methyl sites for hydroxylation is 1. The molecular weight excluding hydrogens is 593 g/mol. The van der Waals surface area contributed by atoms with Crippen LogP contribution in [0.1, 0.15) is 106 Å². The second kappa shape index (κ2) is 11.1. The van der Waals surface area contributed by atoms with Gasteiger partial charge in [0.05, 0.1) is 0 Å². The van der Waals surface area contributed by atoms with E-state index in [1.54, 1.807) is 5.56 Å². The zero-order valence-corrected chi connectivity index (χ0v) is 29.4. The van der Waals surface area contributed by atoms with Gasteiger partial charge in [-0.1, -0.05) is 94.1 Å². The van der Waals surface area contributed by atoms with E-state index in [9.17, 15) is 0 Å². The van der Waals surface area contributed by atoms with Gasteiger partial charge in [0.1, 0.15) is 0 Å². The maximum absolute atomic E-state index is 2.52. The Morgan fingerprint density at radius 2 is 1.33 bits per heavy atom.